The zero-order valence-corrected chi connectivity index (χ0v) is 22.9. The zero-order chi connectivity index (χ0) is 28.6. The zero-order valence-electron chi connectivity index (χ0n) is 22.9. The lowest BCUT2D eigenvalue weighted by Crippen LogP contribution is -2.31. The molecular formula is C30H28N10O. The van der Waals surface area contributed by atoms with Gasteiger partial charge in [-0.25, -0.2) is 9.97 Å². The number of tetrazole rings is 1. The van der Waals surface area contributed by atoms with Crippen LogP contribution in [0.3, 0.4) is 0 Å². The Hall–Kier alpha value is -5.29. The minimum absolute atomic E-state index is 0.401. The van der Waals surface area contributed by atoms with Crippen LogP contribution in [-0.4, -0.2) is 64.7 Å². The molecule has 0 spiro atoms. The van der Waals surface area contributed by atoms with Gasteiger partial charge in [-0.2, -0.15) is 9.62 Å². The van der Waals surface area contributed by atoms with Gasteiger partial charge in [-0.3, -0.25) is 0 Å². The molecule has 1 unspecified atom stereocenters. The number of nitrogens with zero attached hydrogens (tertiary/aromatic N) is 10. The van der Waals surface area contributed by atoms with Crippen LogP contribution in [0, 0.1) is 6.92 Å². The van der Waals surface area contributed by atoms with Crippen molar-refractivity contribution < 1.29 is 5.11 Å². The van der Waals surface area contributed by atoms with Crippen molar-refractivity contribution in [2.24, 2.45) is 17.3 Å². The second kappa shape index (κ2) is 10.4. The van der Waals surface area contributed by atoms with Crippen molar-refractivity contribution in [3.63, 3.8) is 0 Å². The van der Waals surface area contributed by atoms with E-state index in [4.69, 9.17) is 4.98 Å². The van der Waals surface area contributed by atoms with Crippen molar-refractivity contribution in [3.05, 3.63) is 107 Å². The lowest BCUT2D eigenvalue weighted by atomic mass is 9.82. The summed E-state index contributed by atoms with van der Waals surface area (Å²) in [5.74, 6) is 0.401. The number of imidazole rings is 1. The number of hydrogen-bond acceptors (Lipinski definition) is 8. The highest BCUT2D eigenvalue weighted by atomic mass is 16.3. The molecule has 0 saturated heterocycles. The number of aryl methyl sites for hydroxylation is 2. The molecule has 6 rings (SSSR count). The van der Waals surface area contributed by atoms with Crippen LogP contribution in [-0.2, 0) is 19.2 Å². The molecule has 0 aliphatic carbocycles. The molecule has 41 heavy (non-hydrogen) atoms. The van der Waals surface area contributed by atoms with Gasteiger partial charge in [0.15, 0.2) is 5.60 Å². The lowest BCUT2D eigenvalue weighted by molar-refractivity contribution is 0.117. The monoisotopic (exact) mass is 544 g/mol. The summed E-state index contributed by atoms with van der Waals surface area (Å²) < 4.78 is 3.44. The summed E-state index contributed by atoms with van der Waals surface area (Å²) in [4.78, 5) is 11.0. The molecule has 0 aliphatic heterocycles. The number of rotatable bonds is 8. The van der Waals surface area contributed by atoms with Crippen LogP contribution in [0.5, 0.6) is 0 Å². The Morgan fingerprint density at radius 3 is 2.61 bits per heavy atom. The third-order valence-electron chi connectivity index (χ3n) is 7.18. The summed E-state index contributed by atoms with van der Waals surface area (Å²) in [5.41, 5.74) is 5.06. The van der Waals surface area contributed by atoms with Gasteiger partial charge in [-0.15, -0.1) is 5.10 Å². The summed E-state index contributed by atoms with van der Waals surface area (Å²) in [6, 6.07) is 21.8. The van der Waals surface area contributed by atoms with E-state index in [9.17, 15) is 5.11 Å². The highest BCUT2D eigenvalue weighted by molar-refractivity contribution is 5.94. The SMILES string of the molecule is C=N/N=C\N(C)Cc1ccc(C(O)(c2ccc3c(c2)c(-c2cccc(C)c2)nc2nnnn23)c2cncn2C)cc1. The maximum absolute atomic E-state index is 12.6. The molecule has 3 heterocycles. The van der Waals surface area contributed by atoms with Gasteiger partial charge in [0.2, 0.25) is 0 Å². The summed E-state index contributed by atoms with van der Waals surface area (Å²) in [7, 11) is 3.78. The minimum Gasteiger partial charge on any atom is -0.374 e. The number of fused-ring (bicyclic) bond motifs is 3. The third kappa shape index (κ3) is 4.61. The molecule has 0 saturated carbocycles. The molecule has 3 aromatic heterocycles. The number of hydrogen-bond donors (Lipinski definition) is 1. The highest BCUT2D eigenvalue weighted by Gasteiger charge is 2.37. The Morgan fingerprint density at radius 2 is 1.88 bits per heavy atom. The van der Waals surface area contributed by atoms with E-state index in [1.54, 1.807) is 23.4 Å². The summed E-state index contributed by atoms with van der Waals surface area (Å²) in [5, 5.41) is 32.9. The van der Waals surface area contributed by atoms with Crippen LogP contribution in [0.15, 0.2) is 89.5 Å². The van der Waals surface area contributed by atoms with Crippen LogP contribution in [0.4, 0.5) is 0 Å². The maximum atomic E-state index is 12.6. The van der Waals surface area contributed by atoms with Crippen molar-refractivity contribution in [3.8, 4) is 11.3 Å². The Labute approximate surface area is 236 Å². The molecule has 204 valence electrons. The highest BCUT2D eigenvalue weighted by Crippen LogP contribution is 2.39. The van der Waals surface area contributed by atoms with E-state index < -0.39 is 5.60 Å². The van der Waals surface area contributed by atoms with Crippen molar-refractivity contribution in [1.82, 2.24) is 39.5 Å². The molecule has 1 atom stereocenters. The molecule has 6 aromatic rings. The van der Waals surface area contributed by atoms with Gasteiger partial charge in [0.1, 0.15) is 6.34 Å². The Kier molecular flexibility index (Phi) is 6.56. The average molecular weight is 545 g/mol. The predicted octanol–water partition coefficient (Wildman–Crippen LogP) is 3.74. The summed E-state index contributed by atoms with van der Waals surface area (Å²) in [6.07, 6.45) is 4.99. The quantitative estimate of drug-likeness (QED) is 0.176. The van der Waals surface area contributed by atoms with Gasteiger partial charge in [0, 0.05) is 38.3 Å². The second-order valence-electron chi connectivity index (χ2n) is 10.0. The minimum atomic E-state index is -1.52. The molecule has 0 aliphatic rings. The predicted molar refractivity (Wildman–Crippen MR) is 158 cm³/mol. The summed E-state index contributed by atoms with van der Waals surface area (Å²) >= 11 is 0. The van der Waals surface area contributed by atoms with Gasteiger partial charge in [0.05, 0.1) is 29.4 Å². The van der Waals surface area contributed by atoms with Gasteiger partial charge >= 0.3 is 0 Å². The van der Waals surface area contributed by atoms with Crippen LogP contribution in [0.2, 0.25) is 0 Å². The van der Waals surface area contributed by atoms with Crippen molar-refractivity contribution in [1.29, 1.82) is 0 Å². The fourth-order valence-corrected chi connectivity index (χ4v) is 5.19. The standard InChI is InChI=1S/C30H28N10O/c1-20-6-5-7-22(14-20)28-25-15-24(12-13-26(25)40-29(34-28)35-36-37-40)30(41,27-16-32-18-39(27)4)23-10-8-21(9-11-23)17-38(3)19-33-31-2/h5-16,18-19,41H,2,17H2,1,3-4H3/b33-19-. The van der Waals surface area contributed by atoms with Crippen LogP contribution in [0.1, 0.15) is 27.9 Å². The molecule has 0 bridgehead atoms. The first-order chi connectivity index (χ1) is 19.9. The average Bonchev–Trinajstić information content (AvgIpc) is 3.64. The van der Waals surface area contributed by atoms with E-state index >= 15 is 0 Å². The molecule has 11 nitrogen and oxygen atoms in total. The topological polar surface area (TPSA) is 122 Å². The third-order valence-corrected chi connectivity index (χ3v) is 7.18. The molecule has 0 radical (unpaired) electrons. The molecule has 3 aromatic carbocycles. The molecule has 0 amide bonds. The smallest absolute Gasteiger partial charge is 0.274 e. The Balaban J connectivity index is 1.54. The van der Waals surface area contributed by atoms with E-state index in [1.807, 2.05) is 91.1 Å². The lowest BCUT2D eigenvalue weighted by Gasteiger charge is -2.30. The second-order valence-corrected chi connectivity index (χ2v) is 10.0. The number of benzene rings is 3. The Morgan fingerprint density at radius 1 is 1.07 bits per heavy atom. The molecule has 0 fully saturated rings. The van der Waals surface area contributed by atoms with E-state index in [2.05, 4.69) is 43.5 Å². The molecule has 1 N–H and O–H groups in total. The fraction of sp³-hybridized carbons (Fsp3) is 0.167. The normalized spacial score (nSPS) is 13.2. The molecule has 11 heteroatoms. The largest absolute Gasteiger partial charge is 0.374 e. The number of aliphatic hydroxyl groups is 1. The van der Waals surface area contributed by atoms with E-state index in [1.165, 1.54) is 0 Å². The number of aromatic nitrogens is 7. The van der Waals surface area contributed by atoms with Crippen molar-refractivity contribution >= 4 is 29.7 Å². The maximum Gasteiger partial charge on any atom is 0.274 e. The Bertz CT molecular complexity index is 1910. The van der Waals surface area contributed by atoms with Crippen molar-refractivity contribution in [2.75, 3.05) is 7.05 Å². The van der Waals surface area contributed by atoms with Gasteiger partial charge in [-0.1, -0.05) is 59.2 Å². The summed E-state index contributed by atoms with van der Waals surface area (Å²) in [6.45, 7) is 6.03. The first-order valence-corrected chi connectivity index (χ1v) is 13.0. The first kappa shape index (κ1) is 26.0. The van der Waals surface area contributed by atoms with E-state index in [-0.39, 0.29) is 0 Å². The van der Waals surface area contributed by atoms with Crippen LogP contribution < -0.4 is 0 Å². The fourth-order valence-electron chi connectivity index (χ4n) is 5.19. The van der Waals surface area contributed by atoms with Crippen molar-refractivity contribution in [2.45, 2.75) is 19.1 Å². The van der Waals surface area contributed by atoms with Gasteiger partial charge in [0.25, 0.3) is 5.78 Å². The van der Waals surface area contributed by atoms with E-state index in [0.29, 0.717) is 29.1 Å². The first-order valence-electron chi connectivity index (χ1n) is 13.0. The van der Waals surface area contributed by atoms with Gasteiger partial charge < -0.3 is 14.6 Å². The van der Waals surface area contributed by atoms with Crippen LogP contribution >= 0.6 is 0 Å². The van der Waals surface area contributed by atoms with Gasteiger partial charge in [-0.05, 0) is 52.2 Å². The molecular weight excluding hydrogens is 516 g/mol. The van der Waals surface area contributed by atoms with E-state index in [0.717, 1.165) is 33.3 Å². The van der Waals surface area contributed by atoms with Crippen LogP contribution in [0.25, 0.3) is 27.9 Å².